The quantitative estimate of drug-likeness (QED) is 0.0262. The Morgan fingerprint density at radius 3 is 0.932 bits per heavy atom. The van der Waals surface area contributed by atoms with Gasteiger partial charge in [0.1, 0.15) is 13.2 Å². The topological polar surface area (TPSA) is 78.9 Å². The van der Waals surface area contributed by atoms with Gasteiger partial charge in [-0.15, -0.1) is 0 Å². The van der Waals surface area contributed by atoms with Gasteiger partial charge >= 0.3 is 17.9 Å². The molecule has 0 aliphatic rings. The zero-order valence-corrected chi connectivity index (χ0v) is 46.1. The van der Waals surface area contributed by atoms with Crippen LogP contribution < -0.4 is 0 Å². The van der Waals surface area contributed by atoms with Crippen LogP contribution in [0.4, 0.5) is 0 Å². The predicted octanol–water partition coefficient (Wildman–Crippen LogP) is 19.3. The van der Waals surface area contributed by atoms with E-state index in [0.717, 1.165) is 116 Å². The molecule has 0 radical (unpaired) electrons. The SMILES string of the molecule is CC/C=C\C/C=C\C/C=C\C/C=C\C/C=C\C/C=C\CCC(=O)OC[C@H](COC(=O)CCC/C=C\C/C=C\C/C=C\C/C=C\C/C=C\CC)OC(=O)CCCCC/C=C\C/C=C\C/C=C\C/C=C\CCCCC. The molecule has 0 bridgehead atoms. The lowest BCUT2D eigenvalue weighted by Gasteiger charge is -2.18. The smallest absolute Gasteiger partial charge is 0.306 e. The number of hydrogen-bond acceptors (Lipinski definition) is 6. The Hall–Kier alpha value is -5.49. The maximum absolute atomic E-state index is 12.9. The molecular formula is C67H100O6. The van der Waals surface area contributed by atoms with Gasteiger partial charge in [0.15, 0.2) is 6.10 Å². The maximum Gasteiger partial charge on any atom is 0.306 e. The van der Waals surface area contributed by atoms with E-state index < -0.39 is 6.10 Å². The fourth-order valence-corrected chi connectivity index (χ4v) is 6.72. The lowest BCUT2D eigenvalue weighted by Crippen LogP contribution is -2.30. The van der Waals surface area contributed by atoms with Crippen LogP contribution in [0, 0.1) is 0 Å². The van der Waals surface area contributed by atoms with Gasteiger partial charge in [-0.2, -0.15) is 0 Å². The van der Waals surface area contributed by atoms with Crippen molar-refractivity contribution in [3.05, 3.63) is 182 Å². The van der Waals surface area contributed by atoms with Crippen molar-refractivity contribution in [2.24, 2.45) is 0 Å². The van der Waals surface area contributed by atoms with E-state index in [-0.39, 0.29) is 50.4 Å². The molecule has 404 valence electrons. The zero-order valence-electron chi connectivity index (χ0n) is 46.1. The van der Waals surface area contributed by atoms with E-state index in [9.17, 15) is 14.4 Å². The fraction of sp³-hybridized carbons (Fsp3) is 0.507. The molecule has 1 atom stereocenters. The first-order valence-electron chi connectivity index (χ1n) is 28.3. The van der Waals surface area contributed by atoms with Crippen LogP contribution in [-0.2, 0) is 28.6 Å². The van der Waals surface area contributed by atoms with Gasteiger partial charge in [0.25, 0.3) is 0 Å². The van der Waals surface area contributed by atoms with Gasteiger partial charge in [0.2, 0.25) is 0 Å². The Morgan fingerprint density at radius 1 is 0.288 bits per heavy atom. The number of hydrogen-bond donors (Lipinski definition) is 0. The molecule has 0 aromatic carbocycles. The molecule has 0 saturated heterocycles. The second kappa shape index (κ2) is 59.1. The van der Waals surface area contributed by atoms with E-state index in [0.29, 0.717) is 19.3 Å². The Bertz CT molecular complexity index is 1770. The van der Waals surface area contributed by atoms with Gasteiger partial charge in [-0.1, -0.05) is 222 Å². The Kier molecular flexibility index (Phi) is 54.6. The van der Waals surface area contributed by atoms with E-state index >= 15 is 0 Å². The summed E-state index contributed by atoms with van der Waals surface area (Å²) in [6.07, 6.45) is 88.9. The molecule has 0 N–H and O–H groups in total. The summed E-state index contributed by atoms with van der Waals surface area (Å²) < 4.78 is 16.7. The van der Waals surface area contributed by atoms with Crippen molar-refractivity contribution in [2.75, 3.05) is 13.2 Å². The first-order valence-corrected chi connectivity index (χ1v) is 28.3. The predicted molar refractivity (Wildman–Crippen MR) is 315 cm³/mol. The molecule has 6 heteroatoms. The van der Waals surface area contributed by atoms with Gasteiger partial charge in [0.05, 0.1) is 0 Å². The second-order valence-corrected chi connectivity index (χ2v) is 17.7. The molecule has 6 nitrogen and oxygen atoms in total. The first-order chi connectivity index (χ1) is 36.0. The highest BCUT2D eigenvalue weighted by Gasteiger charge is 2.19. The van der Waals surface area contributed by atoms with Gasteiger partial charge < -0.3 is 14.2 Å². The summed E-state index contributed by atoms with van der Waals surface area (Å²) in [6, 6.07) is 0. The van der Waals surface area contributed by atoms with E-state index in [1.807, 2.05) is 12.2 Å². The lowest BCUT2D eigenvalue weighted by atomic mass is 10.1. The number of ether oxygens (including phenoxy) is 3. The number of carbonyl (C=O) groups is 3. The molecule has 0 aromatic rings. The second-order valence-electron chi connectivity index (χ2n) is 17.7. The molecule has 0 unspecified atom stereocenters. The number of carbonyl (C=O) groups excluding carboxylic acids is 3. The molecule has 0 amide bonds. The van der Waals surface area contributed by atoms with E-state index in [1.165, 1.54) is 25.7 Å². The van der Waals surface area contributed by atoms with Crippen molar-refractivity contribution in [2.45, 2.75) is 207 Å². The fourth-order valence-electron chi connectivity index (χ4n) is 6.72. The Morgan fingerprint density at radius 2 is 0.575 bits per heavy atom. The summed E-state index contributed by atoms with van der Waals surface area (Å²) in [4.78, 5) is 38.1. The number of unbranched alkanes of at least 4 members (excludes halogenated alkanes) is 7. The van der Waals surface area contributed by atoms with Gasteiger partial charge in [-0.3, -0.25) is 14.4 Å². The average Bonchev–Trinajstić information content (AvgIpc) is 3.39. The zero-order chi connectivity index (χ0) is 52.9. The van der Waals surface area contributed by atoms with Crippen LogP contribution in [0.15, 0.2) is 182 Å². The molecule has 0 aliphatic heterocycles. The normalized spacial score (nSPS) is 13.5. The van der Waals surface area contributed by atoms with Crippen molar-refractivity contribution in [3.8, 4) is 0 Å². The van der Waals surface area contributed by atoms with Crippen molar-refractivity contribution < 1.29 is 28.6 Å². The minimum Gasteiger partial charge on any atom is -0.462 e. The molecule has 0 heterocycles. The van der Waals surface area contributed by atoms with Crippen molar-refractivity contribution >= 4 is 17.9 Å². The maximum atomic E-state index is 12.9. The summed E-state index contributed by atoms with van der Waals surface area (Å²) >= 11 is 0. The third-order valence-electron chi connectivity index (χ3n) is 10.9. The summed E-state index contributed by atoms with van der Waals surface area (Å²) in [5, 5.41) is 0. The third-order valence-corrected chi connectivity index (χ3v) is 10.9. The monoisotopic (exact) mass is 1000 g/mol. The molecule has 0 spiro atoms. The van der Waals surface area contributed by atoms with Gasteiger partial charge in [-0.05, 0) is 141 Å². The van der Waals surface area contributed by atoms with Crippen molar-refractivity contribution in [1.29, 1.82) is 0 Å². The molecule has 73 heavy (non-hydrogen) atoms. The standard InChI is InChI=1S/C67H100O6/c1-4-7-10-13-16-19-22-25-28-31-33-36-39-42-45-48-51-54-57-60-66(69)72-63-64(62-71-65(68)59-56-53-50-47-44-41-38-35-30-27-24-21-18-15-12-9-6-3)73-67(70)61-58-55-52-49-46-43-40-37-34-32-29-26-23-20-17-14-11-8-5-2/h7,9-10,12,16-21,25-30,33-34,36-38,41-43,45-47,50-51,54,64H,4-6,8,11,13-15,22-24,31-32,35,39-40,44,48-49,52-53,55-63H2,1-3H3/b10-7-,12-9-,19-16-,20-17-,21-18-,28-25-,29-26-,30-27-,36-33-,37-34-,41-38-,45-42-,46-43-,50-47-,54-51-/t64-/m0/s1. The van der Waals surface area contributed by atoms with E-state index in [2.05, 4.69) is 191 Å². The van der Waals surface area contributed by atoms with Crippen LogP contribution in [0.1, 0.15) is 201 Å². The number of rotatable bonds is 48. The van der Waals surface area contributed by atoms with Crippen LogP contribution >= 0.6 is 0 Å². The van der Waals surface area contributed by atoms with Crippen LogP contribution in [0.5, 0.6) is 0 Å². The molecule has 0 aliphatic carbocycles. The van der Waals surface area contributed by atoms with E-state index in [1.54, 1.807) is 0 Å². The van der Waals surface area contributed by atoms with Gasteiger partial charge in [0, 0.05) is 19.3 Å². The van der Waals surface area contributed by atoms with Gasteiger partial charge in [-0.25, -0.2) is 0 Å². The molecule has 0 saturated carbocycles. The van der Waals surface area contributed by atoms with Crippen molar-refractivity contribution in [1.82, 2.24) is 0 Å². The number of allylic oxidation sites excluding steroid dienone is 30. The Labute approximate surface area is 446 Å². The van der Waals surface area contributed by atoms with Crippen LogP contribution in [-0.4, -0.2) is 37.2 Å². The van der Waals surface area contributed by atoms with Crippen molar-refractivity contribution in [3.63, 3.8) is 0 Å². The molecular weight excluding hydrogens is 901 g/mol. The molecule has 0 rings (SSSR count). The third kappa shape index (κ3) is 57.3. The Balaban J connectivity index is 4.70. The first kappa shape index (κ1) is 67.5. The average molecular weight is 1000 g/mol. The highest BCUT2D eigenvalue weighted by Crippen LogP contribution is 2.10. The lowest BCUT2D eigenvalue weighted by molar-refractivity contribution is -0.166. The van der Waals surface area contributed by atoms with E-state index in [4.69, 9.17) is 14.2 Å². The molecule has 0 fully saturated rings. The summed E-state index contributed by atoms with van der Waals surface area (Å²) in [5.74, 6) is -1.14. The molecule has 0 aromatic heterocycles. The summed E-state index contributed by atoms with van der Waals surface area (Å²) in [5.41, 5.74) is 0. The minimum absolute atomic E-state index is 0.154. The number of esters is 3. The minimum atomic E-state index is -0.860. The van der Waals surface area contributed by atoms with Crippen LogP contribution in [0.3, 0.4) is 0 Å². The van der Waals surface area contributed by atoms with Crippen LogP contribution in [0.25, 0.3) is 0 Å². The van der Waals surface area contributed by atoms with Crippen LogP contribution in [0.2, 0.25) is 0 Å². The highest BCUT2D eigenvalue weighted by atomic mass is 16.6. The summed E-state index contributed by atoms with van der Waals surface area (Å²) in [6.45, 7) is 6.21. The summed E-state index contributed by atoms with van der Waals surface area (Å²) in [7, 11) is 0. The largest absolute Gasteiger partial charge is 0.462 e. The highest BCUT2D eigenvalue weighted by molar-refractivity contribution is 5.71.